The average molecular weight is 347 g/mol. The van der Waals surface area contributed by atoms with Crippen LogP contribution in [0.4, 0.5) is 4.79 Å². The van der Waals surface area contributed by atoms with Crippen LogP contribution in [0.15, 0.2) is 11.6 Å². The van der Waals surface area contributed by atoms with Crippen LogP contribution < -0.4 is 5.32 Å². The van der Waals surface area contributed by atoms with Crippen LogP contribution in [-0.2, 0) is 9.53 Å². The van der Waals surface area contributed by atoms with Gasteiger partial charge in [0.25, 0.3) is 0 Å². The Bertz CT molecular complexity index is 576. The maximum Gasteiger partial charge on any atom is 0.325 e. The van der Waals surface area contributed by atoms with Gasteiger partial charge in [0.15, 0.2) is 0 Å². The van der Waals surface area contributed by atoms with Crippen molar-refractivity contribution in [3.63, 3.8) is 0 Å². The van der Waals surface area contributed by atoms with Crippen molar-refractivity contribution in [3.05, 3.63) is 11.6 Å². The molecule has 1 aliphatic carbocycles. The van der Waals surface area contributed by atoms with Crippen molar-refractivity contribution >= 4 is 12.0 Å². The summed E-state index contributed by atoms with van der Waals surface area (Å²) in [6, 6.07) is 0.813. The van der Waals surface area contributed by atoms with Crippen LogP contribution in [0.5, 0.6) is 0 Å². The Morgan fingerprint density at radius 2 is 2.16 bits per heavy atom. The molecule has 4 rings (SSSR count). The lowest BCUT2D eigenvalue weighted by Gasteiger charge is -2.54. The van der Waals surface area contributed by atoms with Gasteiger partial charge in [-0.2, -0.15) is 0 Å². The van der Waals surface area contributed by atoms with Gasteiger partial charge in [0, 0.05) is 19.1 Å². The van der Waals surface area contributed by atoms with E-state index in [0.717, 1.165) is 32.0 Å². The monoisotopic (exact) mass is 347 g/mol. The number of likely N-dealkylation sites (tertiary alicyclic amines) is 1. The summed E-state index contributed by atoms with van der Waals surface area (Å²) < 4.78 is 4.63. The molecule has 0 aromatic carbocycles. The molecule has 0 aromatic heterocycles. The van der Waals surface area contributed by atoms with Gasteiger partial charge in [-0.1, -0.05) is 18.1 Å². The topological polar surface area (TPSA) is 61.9 Å². The molecule has 0 aromatic rings. The van der Waals surface area contributed by atoms with Crippen molar-refractivity contribution in [2.75, 3.05) is 33.3 Å². The van der Waals surface area contributed by atoms with E-state index in [9.17, 15) is 9.59 Å². The Morgan fingerprint density at radius 3 is 3.00 bits per heavy atom. The number of piperidine rings is 3. The van der Waals surface area contributed by atoms with Crippen molar-refractivity contribution in [1.29, 1.82) is 0 Å². The van der Waals surface area contributed by atoms with Gasteiger partial charge in [-0.15, -0.1) is 0 Å². The standard InChI is InChI=1S/C19H29N3O3/c1-25-17(23)11-20-19(24)22-8-4-5-13-9-14-10-15(18(13)22)12-21-7-3-2-6-16(14)21/h9,14-16,18H,2-8,10-12H2,1H3,(H,20,24)/t14-,15-,16+,18-/m0/s1. The lowest BCUT2D eigenvalue weighted by molar-refractivity contribution is -0.139. The Balaban J connectivity index is 1.51. The Labute approximate surface area is 149 Å². The summed E-state index contributed by atoms with van der Waals surface area (Å²) in [7, 11) is 1.34. The number of carbonyl (C=O) groups is 2. The zero-order valence-electron chi connectivity index (χ0n) is 15.1. The second kappa shape index (κ2) is 6.98. The first-order valence-corrected chi connectivity index (χ1v) is 9.73. The number of fused-ring (bicyclic) bond motifs is 6. The van der Waals surface area contributed by atoms with Crippen molar-refractivity contribution < 1.29 is 14.3 Å². The highest BCUT2D eigenvalue weighted by molar-refractivity contribution is 5.81. The molecule has 6 nitrogen and oxygen atoms in total. The zero-order valence-corrected chi connectivity index (χ0v) is 15.1. The summed E-state index contributed by atoms with van der Waals surface area (Å²) in [5, 5.41) is 2.74. The molecular weight excluding hydrogens is 318 g/mol. The second-order valence-corrected chi connectivity index (χ2v) is 7.94. The number of rotatable bonds is 2. The molecule has 6 heteroatoms. The van der Waals surface area contributed by atoms with Crippen LogP contribution in [0.3, 0.4) is 0 Å². The van der Waals surface area contributed by atoms with Crippen LogP contribution in [0.2, 0.25) is 0 Å². The van der Waals surface area contributed by atoms with Crippen LogP contribution in [0.25, 0.3) is 0 Å². The predicted molar refractivity (Wildman–Crippen MR) is 94.0 cm³/mol. The molecule has 0 saturated carbocycles. The van der Waals surface area contributed by atoms with E-state index in [1.807, 2.05) is 4.90 Å². The van der Waals surface area contributed by atoms with Gasteiger partial charge in [0.05, 0.1) is 13.2 Å². The molecule has 4 aliphatic rings. The van der Waals surface area contributed by atoms with Gasteiger partial charge in [-0.25, -0.2) is 4.79 Å². The second-order valence-electron chi connectivity index (χ2n) is 7.94. The summed E-state index contributed by atoms with van der Waals surface area (Å²) >= 11 is 0. The van der Waals surface area contributed by atoms with Crippen molar-refractivity contribution in [2.45, 2.75) is 50.6 Å². The van der Waals surface area contributed by atoms with E-state index in [-0.39, 0.29) is 18.6 Å². The Hall–Kier alpha value is -1.56. The maximum atomic E-state index is 12.7. The molecule has 25 heavy (non-hydrogen) atoms. The summed E-state index contributed by atoms with van der Waals surface area (Å²) in [5.74, 6) is 0.797. The third-order valence-corrected chi connectivity index (χ3v) is 6.53. The smallest absolute Gasteiger partial charge is 0.325 e. The van der Waals surface area contributed by atoms with Gasteiger partial charge in [0.1, 0.15) is 6.54 Å². The number of carbonyl (C=O) groups excluding carboxylic acids is 2. The lowest BCUT2D eigenvalue weighted by Crippen LogP contribution is -2.61. The fraction of sp³-hybridized carbons (Fsp3) is 0.789. The molecule has 0 spiro atoms. The molecule has 3 aliphatic heterocycles. The molecule has 0 radical (unpaired) electrons. The zero-order chi connectivity index (χ0) is 17.4. The third kappa shape index (κ3) is 3.16. The van der Waals surface area contributed by atoms with E-state index in [0.29, 0.717) is 11.8 Å². The molecule has 3 heterocycles. The number of hydrogen-bond donors (Lipinski definition) is 1. The highest BCUT2D eigenvalue weighted by Crippen LogP contribution is 2.44. The summed E-state index contributed by atoms with van der Waals surface area (Å²) in [6.45, 7) is 3.05. The number of ether oxygens (including phenoxy) is 1. The molecule has 2 bridgehead atoms. The minimum atomic E-state index is -0.404. The molecule has 0 unspecified atom stereocenters. The van der Waals surface area contributed by atoms with E-state index in [1.165, 1.54) is 44.9 Å². The first kappa shape index (κ1) is 16.9. The molecule has 2 amide bonds. The summed E-state index contributed by atoms with van der Waals surface area (Å²) in [5.41, 5.74) is 1.46. The van der Waals surface area contributed by atoms with Crippen LogP contribution >= 0.6 is 0 Å². The Kier molecular flexibility index (Phi) is 4.71. The molecular formula is C19H29N3O3. The minimum Gasteiger partial charge on any atom is -0.468 e. The van der Waals surface area contributed by atoms with Crippen LogP contribution in [-0.4, -0.2) is 67.2 Å². The molecule has 1 N–H and O–H groups in total. The first-order chi connectivity index (χ1) is 12.2. The largest absolute Gasteiger partial charge is 0.468 e. The summed E-state index contributed by atoms with van der Waals surface area (Å²) in [6.07, 6.45) is 9.83. The highest BCUT2D eigenvalue weighted by Gasteiger charge is 2.46. The number of methoxy groups -OCH3 is 1. The SMILES string of the molecule is COC(=O)CNC(=O)N1CCCC2=C[C@H]3C[C@@H](CN4CCCC[C@H]34)[C@H]21. The quantitative estimate of drug-likeness (QED) is 0.611. The van der Waals surface area contributed by atoms with E-state index in [2.05, 4.69) is 21.0 Å². The fourth-order valence-electron chi connectivity index (χ4n) is 5.52. The average Bonchev–Trinajstić information content (AvgIpc) is 2.65. The highest BCUT2D eigenvalue weighted by atomic mass is 16.5. The van der Waals surface area contributed by atoms with Crippen molar-refractivity contribution in [2.24, 2.45) is 11.8 Å². The number of nitrogens with zero attached hydrogens (tertiary/aromatic N) is 2. The number of urea groups is 1. The number of nitrogens with one attached hydrogen (secondary N) is 1. The van der Waals surface area contributed by atoms with Crippen molar-refractivity contribution in [1.82, 2.24) is 15.1 Å². The molecule has 138 valence electrons. The number of hydrogen-bond acceptors (Lipinski definition) is 4. The van der Waals surface area contributed by atoms with Gasteiger partial charge in [-0.3, -0.25) is 9.69 Å². The van der Waals surface area contributed by atoms with E-state index < -0.39 is 5.97 Å². The van der Waals surface area contributed by atoms with Gasteiger partial charge >= 0.3 is 12.0 Å². The Morgan fingerprint density at radius 1 is 1.28 bits per heavy atom. The number of amides is 2. The normalized spacial score (nSPS) is 34.4. The summed E-state index contributed by atoms with van der Waals surface area (Å²) in [4.78, 5) is 28.7. The predicted octanol–water partition coefficient (Wildman–Crippen LogP) is 1.76. The van der Waals surface area contributed by atoms with E-state index in [1.54, 1.807) is 0 Å². The maximum absolute atomic E-state index is 12.7. The lowest BCUT2D eigenvalue weighted by atomic mass is 9.68. The molecule has 3 saturated heterocycles. The molecule has 4 atom stereocenters. The molecule has 3 fully saturated rings. The van der Waals surface area contributed by atoms with Crippen molar-refractivity contribution in [3.8, 4) is 0 Å². The van der Waals surface area contributed by atoms with Gasteiger partial charge in [0.2, 0.25) is 0 Å². The van der Waals surface area contributed by atoms with Gasteiger partial charge in [-0.05, 0) is 50.5 Å². The fourth-order valence-corrected chi connectivity index (χ4v) is 5.52. The number of esters is 1. The van der Waals surface area contributed by atoms with Crippen LogP contribution in [0, 0.1) is 11.8 Å². The first-order valence-electron chi connectivity index (χ1n) is 9.73. The van der Waals surface area contributed by atoms with Crippen LogP contribution in [0.1, 0.15) is 38.5 Å². The van der Waals surface area contributed by atoms with E-state index >= 15 is 0 Å². The van der Waals surface area contributed by atoms with E-state index in [4.69, 9.17) is 0 Å². The minimum absolute atomic E-state index is 0.0565. The van der Waals surface area contributed by atoms with Gasteiger partial charge < -0.3 is 15.0 Å². The third-order valence-electron chi connectivity index (χ3n) is 6.53.